The van der Waals surface area contributed by atoms with E-state index in [4.69, 9.17) is 9.47 Å². The second kappa shape index (κ2) is 9.44. The third-order valence-corrected chi connectivity index (χ3v) is 5.33. The van der Waals surface area contributed by atoms with Gasteiger partial charge in [0.15, 0.2) is 11.5 Å². The van der Waals surface area contributed by atoms with Crippen molar-refractivity contribution in [1.82, 2.24) is 4.57 Å². The molecule has 6 nitrogen and oxygen atoms in total. The van der Waals surface area contributed by atoms with Gasteiger partial charge in [-0.25, -0.2) is 4.79 Å². The Bertz CT molecular complexity index is 1320. The van der Waals surface area contributed by atoms with Crippen LogP contribution >= 0.6 is 0 Å². The topological polar surface area (TPSA) is 73.0 Å². The van der Waals surface area contributed by atoms with Gasteiger partial charge in [-0.2, -0.15) is 0 Å². The fraction of sp³-hybridized carbons (Fsp3) is 0.111. The molecule has 0 fully saturated rings. The van der Waals surface area contributed by atoms with E-state index in [1.807, 2.05) is 85.1 Å². The number of hydrogen-bond acceptors (Lipinski definition) is 4. The number of aryl methyl sites for hydroxylation is 1. The largest absolute Gasteiger partial charge is 0.493 e. The molecule has 0 aliphatic carbocycles. The Labute approximate surface area is 192 Å². The Morgan fingerprint density at radius 1 is 0.939 bits per heavy atom. The molecule has 0 aliphatic rings. The summed E-state index contributed by atoms with van der Waals surface area (Å²) >= 11 is 0. The molecule has 1 aromatic heterocycles. The number of ether oxygens (including phenoxy) is 2. The Morgan fingerprint density at radius 2 is 1.61 bits per heavy atom. The maximum Gasteiger partial charge on any atom is 0.337 e. The molecular weight excluding hydrogens is 416 g/mol. The Hall–Kier alpha value is -4.32. The van der Waals surface area contributed by atoms with Crippen molar-refractivity contribution >= 4 is 17.9 Å². The molecular formula is C27H24N2O4. The van der Waals surface area contributed by atoms with Gasteiger partial charge in [-0.1, -0.05) is 24.3 Å². The Kier molecular flexibility index (Phi) is 6.26. The van der Waals surface area contributed by atoms with Gasteiger partial charge in [-0.15, -0.1) is 0 Å². The van der Waals surface area contributed by atoms with Crippen LogP contribution < -0.4 is 9.47 Å². The smallest absolute Gasteiger partial charge is 0.337 e. The molecule has 3 aromatic carbocycles. The molecule has 0 radical (unpaired) electrons. The van der Waals surface area contributed by atoms with Crippen molar-refractivity contribution < 1.29 is 19.4 Å². The van der Waals surface area contributed by atoms with Gasteiger partial charge in [-0.3, -0.25) is 4.99 Å². The van der Waals surface area contributed by atoms with Crippen LogP contribution in [-0.2, 0) is 0 Å². The summed E-state index contributed by atoms with van der Waals surface area (Å²) in [4.78, 5) is 16.2. The molecule has 1 heterocycles. The third kappa shape index (κ3) is 4.65. The van der Waals surface area contributed by atoms with Crippen molar-refractivity contribution in [1.29, 1.82) is 0 Å². The Balaban J connectivity index is 1.56. The zero-order chi connectivity index (χ0) is 23.4. The Morgan fingerprint density at radius 3 is 2.30 bits per heavy atom. The summed E-state index contributed by atoms with van der Waals surface area (Å²) in [7, 11) is 1.61. The van der Waals surface area contributed by atoms with Gasteiger partial charge in [0.1, 0.15) is 5.75 Å². The molecule has 0 saturated heterocycles. The molecule has 6 heteroatoms. The lowest BCUT2D eigenvalue weighted by molar-refractivity contribution is 0.0697. The van der Waals surface area contributed by atoms with Crippen LogP contribution in [0.4, 0.5) is 5.69 Å². The highest BCUT2D eigenvalue weighted by atomic mass is 16.5. The van der Waals surface area contributed by atoms with E-state index < -0.39 is 5.97 Å². The highest BCUT2D eigenvalue weighted by Crippen LogP contribution is 2.31. The van der Waals surface area contributed by atoms with Crippen LogP contribution in [0.25, 0.3) is 5.69 Å². The van der Waals surface area contributed by atoms with Crippen LogP contribution in [0.2, 0.25) is 0 Å². The first kappa shape index (κ1) is 21.9. The van der Waals surface area contributed by atoms with Crippen LogP contribution in [0.5, 0.6) is 17.2 Å². The summed E-state index contributed by atoms with van der Waals surface area (Å²) in [6.07, 6.45) is 1.79. The first-order valence-corrected chi connectivity index (χ1v) is 10.4. The average molecular weight is 440 g/mol. The van der Waals surface area contributed by atoms with E-state index in [1.165, 1.54) is 0 Å². The number of nitrogens with zero attached hydrogens (tertiary/aromatic N) is 2. The number of para-hydroxylation sites is 3. The highest BCUT2D eigenvalue weighted by Gasteiger charge is 2.15. The van der Waals surface area contributed by atoms with E-state index in [9.17, 15) is 9.90 Å². The zero-order valence-electron chi connectivity index (χ0n) is 18.6. The van der Waals surface area contributed by atoms with Crippen molar-refractivity contribution in [2.75, 3.05) is 7.11 Å². The van der Waals surface area contributed by atoms with Crippen LogP contribution in [-0.4, -0.2) is 29.0 Å². The number of aromatic nitrogens is 1. The number of carboxylic acid groups (broad SMARTS) is 1. The first-order chi connectivity index (χ1) is 16.0. The first-order valence-electron chi connectivity index (χ1n) is 10.4. The molecule has 4 rings (SSSR count). The van der Waals surface area contributed by atoms with E-state index >= 15 is 0 Å². The quantitative estimate of drug-likeness (QED) is 0.340. The fourth-order valence-corrected chi connectivity index (χ4v) is 3.71. The number of aliphatic imine (C=N–C) groups is 1. The monoisotopic (exact) mass is 440 g/mol. The summed E-state index contributed by atoms with van der Waals surface area (Å²) < 4.78 is 13.2. The summed E-state index contributed by atoms with van der Waals surface area (Å²) in [5.41, 5.74) is 4.44. The lowest BCUT2D eigenvalue weighted by Gasteiger charge is -2.12. The number of methoxy groups -OCH3 is 1. The lowest BCUT2D eigenvalue weighted by Crippen LogP contribution is -2.07. The minimum absolute atomic E-state index is 0.258. The van der Waals surface area contributed by atoms with Gasteiger partial charge in [0.25, 0.3) is 0 Å². The standard InChI is InChI=1S/C27H24N2O4/c1-18-16-20(19(2)29(18)24-9-5-4-8-23(24)27(30)31)17-28-21-12-14-22(15-13-21)33-26-11-7-6-10-25(26)32-3/h4-17H,1-3H3,(H,30,31). The second-order valence-electron chi connectivity index (χ2n) is 7.49. The summed E-state index contributed by atoms with van der Waals surface area (Å²) in [6.45, 7) is 3.91. The van der Waals surface area contributed by atoms with Gasteiger partial charge >= 0.3 is 5.97 Å². The van der Waals surface area contributed by atoms with Crippen LogP contribution in [0, 0.1) is 13.8 Å². The number of hydrogen-bond donors (Lipinski definition) is 1. The molecule has 0 atom stereocenters. The molecule has 1 N–H and O–H groups in total. The van der Waals surface area contributed by atoms with Gasteiger partial charge in [0.05, 0.1) is 24.0 Å². The predicted molar refractivity (Wildman–Crippen MR) is 129 cm³/mol. The minimum atomic E-state index is -0.955. The van der Waals surface area contributed by atoms with Crippen LogP contribution in [0.1, 0.15) is 27.3 Å². The molecule has 33 heavy (non-hydrogen) atoms. The maximum absolute atomic E-state index is 11.7. The van der Waals surface area contributed by atoms with Gasteiger partial charge in [0, 0.05) is 23.2 Å². The SMILES string of the molecule is COc1ccccc1Oc1ccc(N=Cc2cc(C)n(-c3ccccc3C(=O)O)c2C)cc1. The van der Waals surface area contributed by atoms with Crippen LogP contribution in [0.3, 0.4) is 0 Å². The fourth-order valence-electron chi connectivity index (χ4n) is 3.71. The molecule has 0 bridgehead atoms. The van der Waals surface area contributed by atoms with Crippen molar-refractivity contribution in [2.24, 2.45) is 4.99 Å². The number of carbonyl (C=O) groups is 1. The number of aromatic carboxylic acids is 1. The predicted octanol–water partition coefficient (Wildman–Crippen LogP) is 6.34. The van der Waals surface area contributed by atoms with Gasteiger partial charge < -0.3 is 19.1 Å². The van der Waals surface area contributed by atoms with Crippen molar-refractivity contribution in [3.63, 3.8) is 0 Å². The molecule has 166 valence electrons. The molecule has 0 aliphatic heterocycles. The number of benzene rings is 3. The zero-order valence-corrected chi connectivity index (χ0v) is 18.6. The summed E-state index contributed by atoms with van der Waals surface area (Å²) in [5.74, 6) is 1.04. The third-order valence-electron chi connectivity index (χ3n) is 5.33. The van der Waals surface area contributed by atoms with Crippen molar-refractivity contribution in [2.45, 2.75) is 13.8 Å². The number of rotatable bonds is 7. The highest BCUT2D eigenvalue weighted by molar-refractivity contribution is 5.92. The van der Waals surface area contributed by atoms with E-state index in [0.29, 0.717) is 22.9 Å². The van der Waals surface area contributed by atoms with E-state index in [1.54, 1.807) is 25.5 Å². The molecule has 0 saturated carbocycles. The molecule has 4 aromatic rings. The van der Waals surface area contributed by atoms with E-state index in [-0.39, 0.29) is 5.56 Å². The molecule has 0 spiro atoms. The second-order valence-corrected chi connectivity index (χ2v) is 7.49. The molecule has 0 amide bonds. The minimum Gasteiger partial charge on any atom is -0.493 e. The number of carboxylic acids is 1. The normalized spacial score (nSPS) is 11.0. The summed E-state index contributed by atoms with van der Waals surface area (Å²) in [6, 6.07) is 23.9. The lowest BCUT2D eigenvalue weighted by atomic mass is 10.1. The van der Waals surface area contributed by atoms with E-state index in [0.717, 1.165) is 22.6 Å². The van der Waals surface area contributed by atoms with E-state index in [2.05, 4.69) is 4.99 Å². The van der Waals surface area contributed by atoms with Crippen molar-refractivity contribution in [3.05, 3.63) is 101 Å². The van der Waals surface area contributed by atoms with Crippen molar-refractivity contribution in [3.8, 4) is 22.9 Å². The van der Waals surface area contributed by atoms with Gasteiger partial charge in [0.2, 0.25) is 0 Å². The average Bonchev–Trinajstić information content (AvgIpc) is 3.11. The maximum atomic E-state index is 11.7. The molecule has 0 unspecified atom stereocenters. The summed E-state index contributed by atoms with van der Waals surface area (Å²) in [5, 5.41) is 9.56. The van der Waals surface area contributed by atoms with Gasteiger partial charge in [-0.05, 0) is 68.4 Å². The van der Waals surface area contributed by atoms with Crippen LogP contribution in [0.15, 0.2) is 83.9 Å².